The summed E-state index contributed by atoms with van der Waals surface area (Å²) in [5.74, 6) is 7.49. The van der Waals surface area contributed by atoms with Gasteiger partial charge in [0.2, 0.25) is 0 Å². The normalized spacial score (nSPS) is 28.0. The lowest BCUT2D eigenvalue weighted by atomic mass is 9.82. The van der Waals surface area contributed by atoms with Crippen molar-refractivity contribution in [2.45, 2.75) is 61.2 Å². The van der Waals surface area contributed by atoms with Crippen molar-refractivity contribution >= 4 is 45.5 Å². The van der Waals surface area contributed by atoms with Gasteiger partial charge < -0.3 is 14.2 Å². The molecule has 3 saturated heterocycles. The Kier molecular flexibility index (Phi) is 8.14. The highest BCUT2D eigenvalue weighted by molar-refractivity contribution is 8.68. The zero-order valence-electron chi connectivity index (χ0n) is 23.3. The lowest BCUT2D eigenvalue weighted by Crippen LogP contribution is -2.30. The number of thiol groups is 2. The van der Waals surface area contributed by atoms with Crippen molar-refractivity contribution < 1.29 is 23.8 Å². The van der Waals surface area contributed by atoms with E-state index >= 15 is 0 Å². The minimum atomic E-state index is -1.01. The summed E-state index contributed by atoms with van der Waals surface area (Å²) in [5.41, 5.74) is 1.26. The minimum absolute atomic E-state index is 0.187. The molecular weight excluding hydrogens is 561 g/mol. The van der Waals surface area contributed by atoms with Crippen molar-refractivity contribution in [1.82, 2.24) is 0 Å². The summed E-state index contributed by atoms with van der Waals surface area (Å²) >= 11 is 6.26. The SMILES string of the molecule is CCCC(SCCS)c1ccc(OC(=O)[C@H]2CC[C@H](C(=O)Oc3ccc(OCC[SH]456CC4C5C6)cc3)CC2)cc1. The van der Waals surface area contributed by atoms with Crippen LogP contribution in [0.25, 0.3) is 0 Å². The molecule has 1 spiro atoms. The van der Waals surface area contributed by atoms with Crippen LogP contribution in [0.5, 0.6) is 17.2 Å². The van der Waals surface area contributed by atoms with Crippen LogP contribution in [-0.2, 0) is 9.59 Å². The Hall–Kier alpha value is -1.77. The smallest absolute Gasteiger partial charge is 0.314 e. The molecule has 0 bridgehead atoms. The van der Waals surface area contributed by atoms with E-state index in [0.29, 0.717) is 42.4 Å². The summed E-state index contributed by atoms with van der Waals surface area (Å²) in [5, 5.41) is 2.76. The van der Waals surface area contributed by atoms with Crippen molar-refractivity contribution in [3.63, 3.8) is 0 Å². The van der Waals surface area contributed by atoms with Gasteiger partial charge >= 0.3 is 11.9 Å². The summed E-state index contributed by atoms with van der Waals surface area (Å²) in [6.45, 7) is 3.03. The monoisotopic (exact) mass is 602 g/mol. The van der Waals surface area contributed by atoms with E-state index in [-0.39, 0.29) is 23.8 Å². The van der Waals surface area contributed by atoms with Crippen LogP contribution in [0, 0.1) is 11.8 Å². The summed E-state index contributed by atoms with van der Waals surface area (Å²) < 4.78 is 17.3. The second-order valence-corrected chi connectivity index (χ2v) is 20.4. The number of ether oxygens (including phenoxy) is 3. The maximum absolute atomic E-state index is 12.8. The molecule has 8 heteroatoms. The second kappa shape index (κ2) is 11.5. The molecule has 4 fully saturated rings. The first-order chi connectivity index (χ1) is 19.4. The van der Waals surface area contributed by atoms with Crippen LogP contribution in [0.3, 0.4) is 0 Å². The Morgan fingerprint density at radius 2 is 1.40 bits per heavy atom. The number of carbonyl (C=O) groups is 2. The van der Waals surface area contributed by atoms with E-state index in [4.69, 9.17) is 14.2 Å². The molecule has 1 saturated carbocycles. The molecule has 1 aliphatic carbocycles. The van der Waals surface area contributed by atoms with Gasteiger partial charge in [-0.05, 0) is 108 Å². The number of hydrogen-bond donors (Lipinski definition) is 2. The van der Waals surface area contributed by atoms with E-state index < -0.39 is 9.16 Å². The van der Waals surface area contributed by atoms with Crippen molar-refractivity contribution in [2.75, 3.05) is 35.4 Å². The fraction of sp³-hybridized carbons (Fsp3) is 0.562. The first kappa shape index (κ1) is 28.4. The number of esters is 2. The van der Waals surface area contributed by atoms with E-state index in [1.54, 1.807) is 11.5 Å². The first-order valence-corrected chi connectivity index (χ1v) is 19.5. The fourth-order valence-electron chi connectivity index (χ4n) is 7.00. The number of benzene rings is 2. The molecule has 3 unspecified atom stereocenters. The second-order valence-electron chi connectivity index (χ2n) is 12.3. The van der Waals surface area contributed by atoms with Crippen molar-refractivity contribution in [3.8, 4) is 17.2 Å². The van der Waals surface area contributed by atoms with Gasteiger partial charge in [-0.3, -0.25) is 18.8 Å². The summed E-state index contributed by atoms with van der Waals surface area (Å²) in [6, 6.07) is 15.4. The average Bonchev–Trinajstić information content (AvgIpc) is 3.90. The highest BCUT2D eigenvalue weighted by Gasteiger charge is 2.97. The van der Waals surface area contributed by atoms with E-state index in [1.807, 2.05) is 48.2 Å². The molecule has 2 aromatic carbocycles. The van der Waals surface area contributed by atoms with Crippen LogP contribution >= 0.6 is 33.6 Å². The zero-order chi connectivity index (χ0) is 27.8. The molecule has 0 amide bonds. The zero-order valence-corrected chi connectivity index (χ0v) is 25.9. The van der Waals surface area contributed by atoms with Gasteiger partial charge in [0.25, 0.3) is 0 Å². The maximum atomic E-state index is 12.8. The van der Waals surface area contributed by atoms with Crippen LogP contribution in [0.1, 0.15) is 56.3 Å². The number of fused-ring (bicyclic) bond motifs is 1. The van der Waals surface area contributed by atoms with E-state index in [9.17, 15) is 9.59 Å². The predicted octanol–water partition coefficient (Wildman–Crippen LogP) is 6.74. The summed E-state index contributed by atoms with van der Waals surface area (Å²) in [4.78, 5) is 25.6. The molecule has 40 heavy (non-hydrogen) atoms. The summed E-state index contributed by atoms with van der Waals surface area (Å²) in [6.07, 6.45) is 4.78. The van der Waals surface area contributed by atoms with Crippen LogP contribution in [0.2, 0.25) is 0 Å². The topological polar surface area (TPSA) is 61.8 Å². The van der Waals surface area contributed by atoms with Crippen molar-refractivity contribution in [2.24, 2.45) is 11.8 Å². The quantitative estimate of drug-likeness (QED) is 0.108. The average molecular weight is 603 g/mol. The highest BCUT2D eigenvalue weighted by atomic mass is 32.3. The van der Waals surface area contributed by atoms with Gasteiger partial charge in [-0.15, -0.1) is 0 Å². The van der Waals surface area contributed by atoms with Crippen LogP contribution in [0.4, 0.5) is 0 Å². The Labute approximate surface area is 248 Å². The molecule has 3 aliphatic heterocycles. The van der Waals surface area contributed by atoms with Crippen molar-refractivity contribution in [1.29, 1.82) is 0 Å². The number of hydrogen-bond acceptors (Lipinski definition) is 7. The van der Waals surface area contributed by atoms with Crippen LogP contribution in [0.15, 0.2) is 48.5 Å². The maximum Gasteiger partial charge on any atom is 0.314 e. The van der Waals surface area contributed by atoms with Gasteiger partial charge in [-0.2, -0.15) is 24.4 Å². The van der Waals surface area contributed by atoms with Gasteiger partial charge in [0.15, 0.2) is 0 Å². The Balaban J connectivity index is 0.913. The molecule has 6 rings (SSSR count). The molecule has 0 radical (unpaired) electrons. The standard InChI is InChI=1S/C32H42O5S3/c1-2-3-28(39-18-17-38)22-8-10-26(11-9-22)36-31(33)23-4-6-24(7-5-23)32(34)37-27-14-12-25(13-15-27)35-16-19-40-20-29(40)30(40)21-40/h8-15,23-24,28-30,38,40H,2-7,16-21H2,1H3/t23-,24-,28?,29?,30?. The number of carbonyl (C=O) groups excluding carboxylic acids is 2. The third kappa shape index (κ3) is 5.65. The third-order valence-electron chi connectivity index (χ3n) is 9.99. The van der Waals surface area contributed by atoms with E-state index in [2.05, 4.69) is 31.7 Å². The Morgan fingerprint density at radius 3 is 1.88 bits per heavy atom. The molecule has 4 aliphatic rings. The first-order valence-electron chi connectivity index (χ1n) is 14.9. The number of thioether (sulfide) groups is 1. The lowest BCUT2D eigenvalue weighted by molar-refractivity contribution is -0.145. The molecule has 218 valence electrons. The summed E-state index contributed by atoms with van der Waals surface area (Å²) in [7, 11) is -1.01. The lowest BCUT2D eigenvalue weighted by Gasteiger charge is -2.26. The van der Waals surface area contributed by atoms with Crippen molar-refractivity contribution in [3.05, 3.63) is 54.1 Å². The van der Waals surface area contributed by atoms with Gasteiger partial charge in [-0.25, -0.2) is 0 Å². The largest absolute Gasteiger partial charge is 0.493 e. The van der Waals surface area contributed by atoms with Crippen LogP contribution in [-0.4, -0.2) is 57.8 Å². The van der Waals surface area contributed by atoms with E-state index in [1.165, 1.54) is 11.3 Å². The highest BCUT2D eigenvalue weighted by Crippen LogP contribution is 3.18. The molecule has 3 heterocycles. The van der Waals surface area contributed by atoms with Gasteiger partial charge in [0.1, 0.15) is 17.2 Å². The molecule has 2 aromatic rings. The van der Waals surface area contributed by atoms with E-state index in [0.717, 1.165) is 47.2 Å². The molecule has 0 N–H and O–H groups in total. The van der Waals surface area contributed by atoms with Gasteiger partial charge in [-0.1, -0.05) is 25.5 Å². The number of rotatable bonds is 14. The fourth-order valence-corrected chi connectivity index (χ4v) is 16.8. The van der Waals surface area contributed by atoms with Gasteiger partial charge in [0, 0.05) is 11.0 Å². The van der Waals surface area contributed by atoms with Crippen LogP contribution < -0.4 is 14.2 Å². The molecule has 0 aromatic heterocycles. The molecule has 5 nitrogen and oxygen atoms in total. The minimum Gasteiger partial charge on any atom is -0.493 e. The molecular formula is C32H42O5S3. The third-order valence-corrected chi connectivity index (χ3v) is 19.2. The molecule has 3 atom stereocenters. The predicted molar refractivity (Wildman–Crippen MR) is 170 cm³/mol. The van der Waals surface area contributed by atoms with Gasteiger partial charge in [0.05, 0.1) is 18.4 Å². The Bertz CT molecular complexity index is 1210. The Morgan fingerprint density at radius 1 is 0.875 bits per heavy atom.